The summed E-state index contributed by atoms with van der Waals surface area (Å²) in [6.07, 6.45) is 5.25. The van der Waals surface area contributed by atoms with Gasteiger partial charge in [0.05, 0.1) is 11.3 Å². The highest BCUT2D eigenvalue weighted by atomic mass is 79.9. The van der Waals surface area contributed by atoms with Crippen molar-refractivity contribution in [3.8, 4) is 0 Å². The van der Waals surface area contributed by atoms with E-state index in [4.69, 9.17) is 16.0 Å². The summed E-state index contributed by atoms with van der Waals surface area (Å²) in [7, 11) is 0. The van der Waals surface area contributed by atoms with Gasteiger partial charge >= 0.3 is 0 Å². The number of pyridine rings is 1. The Kier molecular flexibility index (Phi) is 6.20. The molecule has 0 fully saturated rings. The van der Waals surface area contributed by atoms with Crippen molar-refractivity contribution in [1.82, 2.24) is 10.4 Å². The molecule has 2 N–H and O–H groups in total. The minimum atomic E-state index is -0.365. The molecule has 0 atom stereocenters. The molecule has 1 aliphatic carbocycles. The molecule has 2 heterocycles. The van der Waals surface area contributed by atoms with E-state index in [0.29, 0.717) is 50.6 Å². The fourth-order valence-corrected chi connectivity index (χ4v) is 3.93. The van der Waals surface area contributed by atoms with E-state index >= 15 is 0 Å². The third kappa shape index (κ3) is 4.70. The molecule has 2 amide bonds. The predicted molar refractivity (Wildman–Crippen MR) is 122 cm³/mol. The van der Waals surface area contributed by atoms with E-state index in [-0.39, 0.29) is 17.6 Å². The van der Waals surface area contributed by atoms with Gasteiger partial charge in [0, 0.05) is 45.1 Å². The van der Waals surface area contributed by atoms with E-state index in [1.54, 1.807) is 36.5 Å². The minimum absolute atomic E-state index is 0.233. The average Bonchev–Trinajstić information content (AvgIpc) is 3.11. The van der Waals surface area contributed by atoms with Gasteiger partial charge in [-0.3, -0.25) is 14.6 Å². The number of hydrazone groups is 1. The first-order valence-corrected chi connectivity index (χ1v) is 10.8. The van der Waals surface area contributed by atoms with Crippen molar-refractivity contribution < 1.29 is 14.0 Å². The van der Waals surface area contributed by atoms with Gasteiger partial charge in [0.2, 0.25) is 0 Å². The number of nitrogens with one attached hydrogen (secondary N) is 2. The van der Waals surface area contributed by atoms with Crippen LogP contribution in [0.1, 0.15) is 50.6 Å². The standard InChI is InChI=1S/C22H18BrClN4O3/c1-12-19-17(27-28-21(29)13-9-14(23)11-25-10-13)3-2-4-18(19)31-20(12)22(30)26-16-7-5-15(24)6-8-16/h5-11H,2-4H2,1H3,(H,26,30)(H,28,29)/b27-17+. The highest BCUT2D eigenvalue weighted by Gasteiger charge is 2.28. The zero-order valence-corrected chi connectivity index (χ0v) is 18.9. The zero-order chi connectivity index (χ0) is 22.0. The van der Waals surface area contributed by atoms with Crippen molar-refractivity contribution >= 4 is 50.7 Å². The van der Waals surface area contributed by atoms with Crippen molar-refractivity contribution in [2.45, 2.75) is 26.2 Å². The summed E-state index contributed by atoms with van der Waals surface area (Å²) in [6, 6.07) is 8.50. The van der Waals surface area contributed by atoms with Gasteiger partial charge in [0.25, 0.3) is 11.8 Å². The molecule has 1 aliphatic rings. The number of nitrogens with zero attached hydrogens (tertiary/aromatic N) is 2. The van der Waals surface area contributed by atoms with Crippen LogP contribution in [-0.4, -0.2) is 22.5 Å². The molecular formula is C22H18BrClN4O3. The first kappa shape index (κ1) is 21.3. The second kappa shape index (κ2) is 9.03. The van der Waals surface area contributed by atoms with Gasteiger partial charge in [-0.25, -0.2) is 5.43 Å². The Hall–Kier alpha value is -2.97. The lowest BCUT2D eigenvalue weighted by atomic mass is 9.93. The lowest BCUT2D eigenvalue weighted by molar-refractivity contribution is 0.0953. The lowest BCUT2D eigenvalue weighted by Crippen LogP contribution is -2.22. The van der Waals surface area contributed by atoms with Crippen LogP contribution in [0, 0.1) is 6.92 Å². The molecule has 1 aromatic carbocycles. The molecule has 0 bridgehead atoms. The Morgan fingerprint density at radius 1 is 1.16 bits per heavy atom. The summed E-state index contributed by atoms with van der Waals surface area (Å²) in [4.78, 5) is 29.2. The predicted octanol–water partition coefficient (Wildman–Crippen LogP) is 5.12. The Balaban J connectivity index is 1.56. The highest BCUT2D eigenvalue weighted by Crippen LogP contribution is 2.30. The van der Waals surface area contributed by atoms with Gasteiger partial charge in [-0.15, -0.1) is 0 Å². The number of carbonyl (C=O) groups excluding carboxylic acids is 2. The van der Waals surface area contributed by atoms with Crippen molar-refractivity contribution in [3.63, 3.8) is 0 Å². The summed E-state index contributed by atoms with van der Waals surface area (Å²) in [6.45, 7) is 1.82. The normalized spacial score (nSPS) is 14.2. The maximum atomic E-state index is 12.8. The van der Waals surface area contributed by atoms with Crippen molar-refractivity contribution in [2.24, 2.45) is 5.10 Å². The maximum Gasteiger partial charge on any atom is 0.291 e. The lowest BCUT2D eigenvalue weighted by Gasteiger charge is -2.13. The van der Waals surface area contributed by atoms with Crippen LogP contribution in [0.3, 0.4) is 0 Å². The van der Waals surface area contributed by atoms with Crippen molar-refractivity contribution in [3.05, 3.63) is 80.4 Å². The van der Waals surface area contributed by atoms with E-state index in [1.165, 1.54) is 6.20 Å². The van der Waals surface area contributed by atoms with Gasteiger partial charge in [-0.2, -0.15) is 5.10 Å². The fraction of sp³-hybridized carbons (Fsp3) is 0.182. The van der Waals surface area contributed by atoms with Crippen molar-refractivity contribution in [1.29, 1.82) is 0 Å². The number of fused-ring (bicyclic) bond motifs is 1. The summed E-state index contributed by atoms with van der Waals surface area (Å²) < 4.78 is 6.59. The van der Waals surface area contributed by atoms with Crippen LogP contribution in [0.25, 0.3) is 0 Å². The number of anilines is 1. The second-order valence-corrected chi connectivity index (χ2v) is 8.41. The van der Waals surface area contributed by atoms with Gasteiger partial charge in [0.1, 0.15) is 5.76 Å². The quantitative estimate of drug-likeness (QED) is 0.485. The van der Waals surface area contributed by atoms with Crippen LogP contribution < -0.4 is 10.7 Å². The molecule has 0 radical (unpaired) electrons. The van der Waals surface area contributed by atoms with Crippen LogP contribution in [0.2, 0.25) is 5.02 Å². The van der Waals surface area contributed by atoms with Gasteiger partial charge in [0.15, 0.2) is 5.76 Å². The number of hydrogen-bond acceptors (Lipinski definition) is 5. The molecular weight excluding hydrogens is 484 g/mol. The third-order valence-corrected chi connectivity index (χ3v) is 5.58. The molecule has 4 rings (SSSR count). The molecule has 0 saturated heterocycles. The summed E-state index contributed by atoms with van der Waals surface area (Å²) >= 11 is 9.19. The number of aromatic nitrogens is 1. The van der Waals surface area contributed by atoms with E-state index in [9.17, 15) is 9.59 Å². The van der Waals surface area contributed by atoms with Gasteiger partial charge in [-0.05, 0) is 66.0 Å². The van der Waals surface area contributed by atoms with Gasteiger partial charge in [-0.1, -0.05) is 11.6 Å². The molecule has 0 unspecified atom stereocenters. The first-order valence-electron chi connectivity index (χ1n) is 9.59. The number of carbonyl (C=O) groups is 2. The number of aryl methyl sites for hydroxylation is 1. The number of amides is 2. The highest BCUT2D eigenvalue weighted by molar-refractivity contribution is 9.10. The number of furan rings is 1. The van der Waals surface area contributed by atoms with E-state index < -0.39 is 0 Å². The van der Waals surface area contributed by atoms with Crippen LogP contribution in [0.15, 0.2) is 56.7 Å². The van der Waals surface area contributed by atoms with Crippen molar-refractivity contribution in [2.75, 3.05) is 5.32 Å². The average molecular weight is 502 g/mol. The van der Waals surface area contributed by atoms with Gasteiger partial charge < -0.3 is 9.73 Å². The third-order valence-electron chi connectivity index (χ3n) is 4.89. The molecule has 2 aromatic heterocycles. The van der Waals surface area contributed by atoms with E-state index in [2.05, 4.69) is 36.8 Å². The molecule has 0 aliphatic heterocycles. The molecule has 158 valence electrons. The number of benzene rings is 1. The van der Waals surface area contributed by atoms with Crippen LogP contribution in [0.4, 0.5) is 5.69 Å². The monoisotopic (exact) mass is 500 g/mol. The SMILES string of the molecule is Cc1c(C(=O)Nc2ccc(Cl)cc2)oc2c1/C(=N/NC(=O)c1cncc(Br)c1)CCC2. The first-order chi connectivity index (χ1) is 14.9. The smallest absolute Gasteiger partial charge is 0.291 e. The summed E-state index contributed by atoms with van der Waals surface area (Å²) in [5.41, 5.74) is 5.74. The molecule has 0 spiro atoms. The maximum absolute atomic E-state index is 12.8. The molecule has 3 aromatic rings. The number of hydrogen-bond donors (Lipinski definition) is 2. The minimum Gasteiger partial charge on any atom is -0.455 e. The summed E-state index contributed by atoms with van der Waals surface area (Å²) in [5, 5.41) is 7.73. The molecule has 0 saturated carbocycles. The summed E-state index contributed by atoms with van der Waals surface area (Å²) in [5.74, 6) is 0.215. The zero-order valence-electron chi connectivity index (χ0n) is 16.5. The van der Waals surface area contributed by atoms with Crippen LogP contribution >= 0.6 is 27.5 Å². The van der Waals surface area contributed by atoms with E-state index in [0.717, 1.165) is 12.0 Å². The Morgan fingerprint density at radius 3 is 2.68 bits per heavy atom. The Bertz CT molecular complexity index is 1190. The second-order valence-electron chi connectivity index (χ2n) is 7.06. The largest absolute Gasteiger partial charge is 0.455 e. The number of rotatable bonds is 4. The van der Waals surface area contributed by atoms with Crippen LogP contribution in [0.5, 0.6) is 0 Å². The van der Waals surface area contributed by atoms with E-state index in [1.807, 2.05) is 6.92 Å². The molecule has 9 heteroatoms. The molecule has 7 nitrogen and oxygen atoms in total. The topological polar surface area (TPSA) is 96.6 Å². The fourth-order valence-electron chi connectivity index (χ4n) is 3.44. The number of halogens is 2. The Morgan fingerprint density at radius 2 is 1.94 bits per heavy atom. The Labute approximate surface area is 192 Å². The van der Waals surface area contributed by atoms with Crippen LogP contribution in [-0.2, 0) is 6.42 Å². The molecule has 31 heavy (non-hydrogen) atoms.